The Morgan fingerprint density at radius 2 is 2.00 bits per heavy atom. The standard InChI is InChI=1S/C17H22N2O2/c1-13(2)8-9-16-17(21)18-10-15(20)12-19(16)11-14-6-4-3-5-7-14/h3-7,10,12-13,16,20H,8-9,11H2,1-2H3. The largest absolute Gasteiger partial charge is 0.505 e. The van der Waals surface area contributed by atoms with Crippen LogP contribution in [-0.2, 0) is 11.3 Å². The molecule has 0 spiro atoms. The molecule has 1 N–H and O–H groups in total. The molecular formula is C17H22N2O2. The molecule has 4 heteroatoms. The third-order valence-corrected chi connectivity index (χ3v) is 3.53. The second kappa shape index (κ2) is 7.07. The van der Waals surface area contributed by atoms with Crippen molar-refractivity contribution >= 4 is 12.1 Å². The Bertz CT molecular complexity index is 535. The molecule has 0 bridgehead atoms. The zero-order chi connectivity index (χ0) is 15.2. The monoisotopic (exact) mass is 286 g/mol. The van der Waals surface area contributed by atoms with Crippen LogP contribution in [0.25, 0.3) is 0 Å². The highest BCUT2D eigenvalue weighted by Crippen LogP contribution is 2.19. The number of rotatable bonds is 5. The lowest BCUT2D eigenvalue weighted by molar-refractivity contribution is -0.122. The van der Waals surface area contributed by atoms with Crippen LogP contribution in [-0.4, -0.2) is 28.2 Å². The van der Waals surface area contributed by atoms with E-state index in [0.717, 1.165) is 18.4 Å². The van der Waals surface area contributed by atoms with Crippen LogP contribution in [0.1, 0.15) is 32.3 Å². The Balaban J connectivity index is 2.19. The summed E-state index contributed by atoms with van der Waals surface area (Å²) in [5.41, 5.74) is 1.10. The van der Waals surface area contributed by atoms with E-state index in [1.807, 2.05) is 35.2 Å². The van der Waals surface area contributed by atoms with Crippen molar-refractivity contribution in [1.29, 1.82) is 0 Å². The van der Waals surface area contributed by atoms with Gasteiger partial charge >= 0.3 is 0 Å². The molecule has 21 heavy (non-hydrogen) atoms. The van der Waals surface area contributed by atoms with E-state index in [1.54, 1.807) is 6.20 Å². The molecule has 1 heterocycles. The average Bonchev–Trinajstić information content (AvgIpc) is 2.58. The fourth-order valence-electron chi connectivity index (χ4n) is 2.38. The first-order chi connectivity index (χ1) is 10.1. The van der Waals surface area contributed by atoms with E-state index in [2.05, 4.69) is 18.8 Å². The Morgan fingerprint density at radius 1 is 1.29 bits per heavy atom. The van der Waals surface area contributed by atoms with Crippen LogP contribution in [0.15, 0.2) is 47.3 Å². The zero-order valence-corrected chi connectivity index (χ0v) is 12.6. The lowest BCUT2D eigenvalue weighted by atomic mass is 10.0. The van der Waals surface area contributed by atoms with Gasteiger partial charge in [-0.15, -0.1) is 0 Å². The second-order valence-electron chi connectivity index (χ2n) is 5.80. The third kappa shape index (κ3) is 4.45. The maximum Gasteiger partial charge on any atom is 0.268 e. The van der Waals surface area contributed by atoms with E-state index in [-0.39, 0.29) is 17.7 Å². The van der Waals surface area contributed by atoms with Crippen molar-refractivity contribution < 1.29 is 9.90 Å². The minimum Gasteiger partial charge on any atom is -0.505 e. The quantitative estimate of drug-likeness (QED) is 0.903. The summed E-state index contributed by atoms with van der Waals surface area (Å²) < 4.78 is 0. The van der Waals surface area contributed by atoms with Gasteiger partial charge in [0, 0.05) is 12.7 Å². The first-order valence-electron chi connectivity index (χ1n) is 7.34. The summed E-state index contributed by atoms with van der Waals surface area (Å²) in [6, 6.07) is 9.62. The highest BCUT2D eigenvalue weighted by Gasteiger charge is 2.26. The van der Waals surface area contributed by atoms with Gasteiger partial charge in [0.15, 0.2) is 0 Å². The van der Waals surface area contributed by atoms with Gasteiger partial charge in [0.25, 0.3) is 5.91 Å². The van der Waals surface area contributed by atoms with Gasteiger partial charge in [0.1, 0.15) is 11.8 Å². The molecule has 1 atom stereocenters. The van der Waals surface area contributed by atoms with Crippen LogP contribution in [0.4, 0.5) is 0 Å². The second-order valence-corrected chi connectivity index (χ2v) is 5.80. The van der Waals surface area contributed by atoms with Gasteiger partial charge in [0.2, 0.25) is 0 Å². The lowest BCUT2D eigenvalue weighted by Gasteiger charge is -2.28. The van der Waals surface area contributed by atoms with E-state index in [9.17, 15) is 9.90 Å². The lowest BCUT2D eigenvalue weighted by Crippen LogP contribution is -2.36. The number of hydrogen-bond donors (Lipinski definition) is 1. The maximum absolute atomic E-state index is 12.2. The Hall–Kier alpha value is -2.10. The number of aliphatic hydroxyl groups excluding tert-OH is 1. The minimum absolute atomic E-state index is 0.0197. The summed E-state index contributed by atoms with van der Waals surface area (Å²) in [7, 11) is 0. The predicted octanol–water partition coefficient (Wildman–Crippen LogP) is 3.30. The molecule has 1 aliphatic heterocycles. The number of aliphatic imine (C=N–C) groups is 1. The van der Waals surface area contributed by atoms with Crippen LogP contribution >= 0.6 is 0 Å². The number of carbonyl (C=O) groups is 1. The molecule has 0 saturated heterocycles. The van der Waals surface area contributed by atoms with Gasteiger partial charge in [0.05, 0.1) is 6.21 Å². The first-order valence-corrected chi connectivity index (χ1v) is 7.34. The highest BCUT2D eigenvalue weighted by molar-refractivity contribution is 5.94. The molecule has 0 aliphatic carbocycles. The number of nitrogens with zero attached hydrogens (tertiary/aromatic N) is 2. The summed E-state index contributed by atoms with van der Waals surface area (Å²) in [4.78, 5) is 17.9. The van der Waals surface area contributed by atoms with Gasteiger partial charge < -0.3 is 10.0 Å². The number of hydrogen-bond acceptors (Lipinski definition) is 3. The molecule has 4 nitrogen and oxygen atoms in total. The summed E-state index contributed by atoms with van der Waals surface area (Å²) in [5.74, 6) is 0.361. The summed E-state index contributed by atoms with van der Waals surface area (Å²) in [6.07, 6.45) is 4.54. The zero-order valence-electron chi connectivity index (χ0n) is 12.6. The minimum atomic E-state index is -0.312. The molecule has 2 rings (SSSR count). The Kier molecular flexibility index (Phi) is 5.14. The smallest absolute Gasteiger partial charge is 0.268 e. The molecule has 0 aromatic heterocycles. The van der Waals surface area contributed by atoms with Crippen LogP contribution < -0.4 is 0 Å². The average molecular weight is 286 g/mol. The summed E-state index contributed by atoms with van der Waals surface area (Å²) >= 11 is 0. The SMILES string of the molecule is CC(C)CCC1C(=O)N=CC(O)=CN1Cc1ccccc1. The van der Waals surface area contributed by atoms with Gasteiger partial charge in [-0.05, 0) is 24.3 Å². The van der Waals surface area contributed by atoms with Gasteiger partial charge in [-0.3, -0.25) is 4.79 Å². The van der Waals surface area contributed by atoms with E-state index >= 15 is 0 Å². The number of carbonyl (C=O) groups excluding carboxylic acids is 1. The topological polar surface area (TPSA) is 52.9 Å². The molecule has 1 amide bonds. The fraction of sp³-hybridized carbons (Fsp3) is 0.412. The van der Waals surface area contributed by atoms with Crippen LogP contribution in [0.3, 0.4) is 0 Å². The van der Waals surface area contributed by atoms with Gasteiger partial charge in [-0.25, -0.2) is 4.99 Å². The molecule has 1 unspecified atom stereocenters. The van der Waals surface area contributed by atoms with Gasteiger partial charge in [-0.1, -0.05) is 44.2 Å². The molecule has 1 aromatic rings. The van der Waals surface area contributed by atoms with Crippen molar-refractivity contribution in [3.8, 4) is 0 Å². The van der Waals surface area contributed by atoms with Crippen molar-refractivity contribution in [3.05, 3.63) is 47.9 Å². The van der Waals surface area contributed by atoms with E-state index in [0.29, 0.717) is 12.5 Å². The number of aliphatic hydroxyl groups is 1. The van der Waals surface area contributed by atoms with Crippen molar-refractivity contribution in [3.63, 3.8) is 0 Å². The molecule has 0 saturated carbocycles. The summed E-state index contributed by atoms with van der Waals surface area (Å²) in [5, 5.41) is 9.77. The van der Waals surface area contributed by atoms with Crippen molar-refractivity contribution in [1.82, 2.24) is 4.90 Å². The van der Waals surface area contributed by atoms with Gasteiger partial charge in [-0.2, -0.15) is 0 Å². The maximum atomic E-state index is 12.2. The van der Waals surface area contributed by atoms with Crippen molar-refractivity contribution in [2.24, 2.45) is 10.9 Å². The number of allylic oxidation sites excluding steroid dienone is 1. The fourth-order valence-corrected chi connectivity index (χ4v) is 2.38. The predicted molar refractivity (Wildman–Crippen MR) is 84.1 cm³/mol. The van der Waals surface area contributed by atoms with Crippen molar-refractivity contribution in [2.45, 2.75) is 39.3 Å². The number of amides is 1. The number of benzene rings is 1. The Morgan fingerprint density at radius 3 is 2.67 bits per heavy atom. The molecule has 0 radical (unpaired) electrons. The van der Waals surface area contributed by atoms with Crippen LogP contribution in [0.5, 0.6) is 0 Å². The molecule has 0 fully saturated rings. The van der Waals surface area contributed by atoms with E-state index in [1.165, 1.54) is 6.21 Å². The normalized spacial score (nSPS) is 18.8. The van der Waals surface area contributed by atoms with Crippen molar-refractivity contribution in [2.75, 3.05) is 0 Å². The Labute approximate surface area is 125 Å². The highest BCUT2D eigenvalue weighted by atomic mass is 16.3. The van der Waals surface area contributed by atoms with Crippen LogP contribution in [0.2, 0.25) is 0 Å². The van der Waals surface area contributed by atoms with Crippen LogP contribution in [0, 0.1) is 5.92 Å². The third-order valence-electron chi connectivity index (χ3n) is 3.53. The molecule has 1 aliphatic rings. The first kappa shape index (κ1) is 15.3. The summed E-state index contributed by atoms with van der Waals surface area (Å²) in [6.45, 7) is 4.86. The molecular weight excluding hydrogens is 264 g/mol. The van der Waals surface area contributed by atoms with E-state index in [4.69, 9.17) is 0 Å². The van der Waals surface area contributed by atoms with E-state index < -0.39 is 0 Å². The molecule has 1 aromatic carbocycles. The molecule has 112 valence electrons.